The van der Waals surface area contributed by atoms with E-state index in [0.717, 1.165) is 5.56 Å². The number of aryl methyl sites for hydroxylation is 1. The van der Waals surface area contributed by atoms with E-state index in [-0.39, 0.29) is 17.1 Å². The average Bonchev–Trinajstić information content (AvgIpc) is 3.12. The number of ketones is 1. The van der Waals surface area contributed by atoms with Crippen LogP contribution in [0.25, 0.3) is 5.76 Å². The first-order valence-corrected chi connectivity index (χ1v) is 11.8. The minimum absolute atomic E-state index is 0.0329. The Morgan fingerprint density at radius 1 is 1.00 bits per heavy atom. The second kappa shape index (κ2) is 10.7. The smallest absolute Gasteiger partial charge is 0.295 e. The quantitative estimate of drug-likeness (QED) is 0.281. The van der Waals surface area contributed by atoms with Crippen LogP contribution in [-0.2, 0) is 16.2 Å². The number of aliphatic hydroxyl groups excluding tert-OH is 1. The van der Waals surface area contributed by atoms with Gasteiger partial charge in [-0.25, -0.2) is 0 Å². The van der Waals surface area contributed by atoms with Crippen LogP contribution in [0.4, 0.5) is 0 Å². The monoisotopic (exact) mass is 486 g/mol. The number of Topliss-reactive ketones (excluding diaryl/α,β-unsaturated/α-hetero) is 1. The maximum atomic E-state index is 13.2. The third kappa shape index (κ3) is 5.26. The fraction of sp³-hybridized carbons (Fsp3) is 0.241. The molecule has 0 unspecified atom stereocenters. The number of aliphatic hydroxyl groups is 1. The van der Waals surface area contributed by atoms with Crippen LogP contribution in [0, 0.1) is 6.92 Å². The Morgan fingerprint density at radius 2 is 1.69 bits per heavy atom. The van der Waals surface area contributed by atoms with Crippen LogP contribution in [0.3, 0.4) is 0 Å². The van der Waals surface area contributed by atoms with E-state index in [2.05, 4.69) is 0 Å². The largest absolute Gasteiger partial charge is 0.508 e. The van der Waals surface area contributed by atoms with Gasteiger partial charge in [-0.05, 0) is 68.0 Å². The molecule has 1 aliphatic rings. The number of benzene rings is 3. The van der Waals surface area contributed by atoms with Crippen molar-refractivity contribution in [2.75, 3.05) is 27.2 Å². The number of amides is 1. The first-order valence-electron chi connectivity index (χ1n) is 11.8. The predicted octanol–water partition coefficient (Wildman–Crippen LogP) is 4.26. The highest BCUT2D eigenvalue weighted by molar-refractivity contribution is 6.46. The second-order valence-electron chi connectivity index (χ2n) is 9.14. The molecule has 1 fully saturated rings. The van der Waals surface area contributed by atoms with Gasteiger partial charge in [-0.1, -0.05) is 42.5 Å². The van der Waals surface area contributed by atoms with Gasteiger partial charge in [-0.3, -0.25) is 9.59 Å². The highest BCUT2D eigenvalue weighted by Crippen LogP contribution is 2.40. The molecule has 7 heteroatoms. The van der Waals surface area contributed by atoms with E-state index in [4.69, 9.17) is 4.74 Å². The number of hydrogen-bond donors (Lipinski definition) is 2. The molecule has 1 amide bonds. The molecule has 1 heterocycles. The number of phenolic OH excluding ortho intramolecular Hbond substituents is 1. The van der Waals surface area contributed by atoms with E-state index in [1.54, 1.807) is 30.3 Å². The van der Waals surface area contributed by atoms with E-state index in [0.29, 0.717) is 42.1 Å². The van der Waals surface area contributed by atoms with Gasteiger partial charge in [0, 0.05) is 18.7 Å². The number of ether oxygens (including phenoxy) is 1. The summed E-state index contributed by atoms with van der Waals surface area (Å²) in [6.07, 6.45) is 0. The van der Waals surface area contributed by atoms with Crippen LogP contribution in [-0.4, -0.2) is 58.9 Å². The minimum atomic E-state index is -0.765. The molecule has 0 aliphatic carbocycles. The lowest BCUT2D eigenvalue weighted by atomic mass is 9.94. The number of carbonyl (C=O) groups excluding carboxylic acids is 2. The standard InChI is InChI=1S/C29H30N2O5/c1-19-17-23(36-18-20-7-5-4-6-8-20)13-14-24(19)27(33)25-26(21-9-11-22(32)12-10-21)31(16-15-30(2)3)29(35)28(25)34/h4-14,17,26,32-33H,15-16,18H2,1-3H3/t26-/m1/s1. The Hall–Kier alpha value is -4.10. The molecule has 0 spiro atoms. The molecule has 1 saturated heterocycles. The Balaban J connectivity index is 1.70. The molecule has 2 N–H and O–H groups in total. The van der Waals surface area contributed by atoms with Crippen molar-refractivity contribution in [3.05, 3.63) is 101 Å². The maximum absolute atomic E-state index is 13.2. The fourth-order valence-corrected chi connectivity index (χ4v) is 4.30. The SMILES string of the molecule is Cc1cc(OCc2ccccc2)ccc1C(O)=C1C(=O)C(=O)N(CCN(C)C)[C@@H]1c1ccc(O)cc1. The van der Waals surface area contributed by atoms with Crippen molar-refractivity contribution in [3.8, 4) is 11.5 Å². The van der Waals surface area contributed by atoms with E-state index in [9.17, 15) is 19.8 Å². The van der Waals surface area contributed by atoms with Gasteiger partial charge in [0.1, 0.15) is 23.9 Å². The zero-order valence-electron chi connectivity index (χ0n) is 20.6. The number of nitrogens with zero attached hydrogens (tertiary/aromatic N) is 2. The Labute approximate surface area is 210 Å². The summed E-state index contributed by atoms with van der Waals surface area (Å²) in [5.41, 5.74) is 2.87. The van der Waals surface area contributed by atoms with Gasteiger partial charge in [0.15, 0.2) is 0 Å². The van der Waals surface area contributed by atoms with Gasteiger partial charge < -0.3 is 24.7 Å². The molecule has 0 bridgehead atoms. The summed E-state index contributed by atoms with van der Waals surface area (Å²) in [7, 11) is 3.77. The molecule has 186 valence electrons. The number of likely N-dealkylation sites (N-methyl/N-ethyl adjacent to an activating group) is 1. The first-order chi connectivity index (χ1) is 17.3. The minimum Gasteiger partial charge on any atom is -0.508 e. The van der Waals surface area contributed by atoms with Gasteiger partial charge >= 0.3 is 0 Å². The normalized spacial score (nSPS) is 17.1. The first kappa shape index (κ1) is 25.0. The van der Waals surface area contributed by atoms with Crippen molar-refractivity contribution < 1.29 is 24.5 Å². The van der Waals surface area contributed by atoms with E-state index >= 15 is 0 Å². The van der Waals surface area contributed by atoms with Crippen LogP contribution in [0.1, 0.15) is 28.3 Å². The lowest BCUT2D eigenvalue weighted by molar-refractivity contribution is -0.140. The highest BCUT2D eigenvalue weighted by Gasteiger charge is 2.46. The van der Waals surface area contributed by atoms with Crippen LogP contribution in [0.15, 0.2) is 78.4 Å². The van der Waals surface area contributed by atoms with Crippen LogP contribution in [0.5, 0.6) is 11.5 Å². The van der Waals surface area contributed by atoms with Crippen LogP contribution >= 0.6 is 0 Å². The molecule has 0 saturated carbocycles. The number of rotatable bonds is 8. The zero-order chi connectivity index (χ0) is 25.8. The Bertz CT molecular complexity index is 1280. The molecule has 7 nitrogen and oxygen atoms in total. The summed E-state index contributed by atoms with van der Waals surface area (Å²) in [5.74, 6) is -0.906. The van der Waals surface area contributed by atoms with Crippen molar-refractivity contribution in [2.45, 2.75) is 19.6 Å². The molecule has 36 heavy (non-hydrogen) atoms. The molecule has 0 radical (unpaired) electrons. The van der Waals surface area contributed by atoms with Crippen molar-refractivity contribution in [1.82, 2.24) is 9.80 Å². The number of aromatic hydroxyl groups is 1. The lowest BCUT2D eigenvalue weighted by Gasteiger charge is -2.26. The molecule has 3 aromatic rings. The summed E-state index contributed by atoms with van der Waals surface area (Å²) in [6.45, 7) is 3.09. The number of hydrogen-bond acceptors (Lipinski definition) is 6. The molecule has 4 rings (SSSR count). The molecule has 3 aromatic carbocycles. The summed E-state index contributed by atoms with van der Waals surface area (Å²) in [6, 6.07) is 20.6. The third-order valence-corrected chi connectivity index (χ3v) is 6.24. The van der Waals surface area contributed by atoms with Gasteiger partial charge in [0.05, 0.1) is 11.6 Å². The number of phenols is 1. The molecule has 0 aromatic heterocycles. The Kier molecular flexibility index (Phi) is 7.41. The molecular formula is C29H30N2O5. The molecule has 1 atom stereocenters. The molecule has 1 aliphatic heterocycles. The summed E-state index contributed by atoms with van der Waals surface area (Å²) < 4.78 is 5.89. The van der Waals surface area contributed by atoms with Crippen molar-refractivity contribution in [3.63, 3.8) is 0 Å². The summed E-state index contributed by atoms with van der Waals surface area (Å²) in [4.78, 5) is 29.6. The highest BCUT2D eigenvalue weighted by atomic mass is 16.5. The van der Waals surface area contributed by atoms with Gasteiger partial charge in [-0.15, -0.1) is 0 Å². The lowest BCUT2D eigenvalue weighted by Crippen LogP contribution is -2.35. The van der Waals surface area contributed by atoms with E-state index < -0.39 is 17.7 Å². The van der Waals surface area contributed by atoms with Crippen molar-refractivity contribution in [2.24, 2.45) is 0 Å². The third-order valence-electron chi connectivity index (χ3n) is 6.24. The van der Waals surface area contributed by atoms with Gasteiger partial charge in [0.2, 0.25) is 0 Å². The molecular weight excluding hydrogens is 456 g/mol. The predicted molar refractivity (Wildman–Crippen MR) is 138 cm³/mol. The maximum Gasteiger partial charge on any atom is 0.295 e. The van der Waals surface area contributed by atoms with Crippen molar-refractivity contribution in [1.29, 1.82) is 0 Å². The zero-order valence-corrected chi connectivity index (χ0v) is 20.6. The van der Waals surface area contributed by atoms with Gasteiger partial charge in [0.25, 0.3) is 11.7 Å². The summed E-state index contributed by atoms with van der Waals surface area (Å²) >= 11 is 0. The van der Waals surface area contributed by atoms with E-state index in [1.807, 2.05) is 56.3 Å². The second-order valence-corrected chi connectivity index (χ2v) is 9.14. The number of likely N-dealkylation sites (tertiary alicyclic amines) is 1. The number of carbonyl (C=O) groups is 2. The van der Waals surface area contributed by atoms with E-state index in [1.165, 1.54) is 17.0 Å². The Morgan fingerprint density at radius 3 is 2.33 bits per heavy atom. The summed E-state index contributed by atoms with van der Waals surface area (Å²) in [5, 5.41) is 21.1. The average molecular weight is 487 g/mol. The van der Waals surface area contributed by atoms with Crippen LogP contribution in [0.2, 0.25) is 0 Å². The van der Waals surface area contributed by atoms with Crippen molar-refractivity contribution >= 4 is 17.4 Å². The van der Waals surface area contributed by atoms with Crippen LogP contribution < -0.4 is 4.74 Å². The fourth-order valence-electron chi connectivity index (χ4n) is 4.30. The topological polar surface area (TPSA) is 90.3 Å². The van der Waals surface area contributed by atoms with Gasteiger partial charge in [-0.2, -0.15) is 0 Å².